The number of hydrogen-bond acceptors (Lipinski definition) is 4. The van der Waals surface area contributed by atoms with Gasteiger partial charge in [0, 0.05) is 18.5 Å². The molecule has 106 valence electrons. The standard InChI is InChI=1S/C14H17N3O3/c1-2-20-12-7-5-11(6-8-12)13-10-15-16-17(13)9-3-4-14(18)19/h5-8,10H,2-4,9H2,1H3,(H,18,19). The van der Waals surface area contributed by atoms with Crippen molar-refractivity contribution in [3.63, 3.8) is 0 Å². The summed E-state index contributed by atoms with van der Waals surface area (Å²) in [6.07, 6.45) is 2.34. The van der Waals surface area contributed by atoms with Gasteiger partial charge in [-0.3, -0.25) is 4.79 Å². The molecule has 2 rings (SSSR count). The Kier molecular flexibility index (Phi) is 4.70. The average Bonchev–Trinajstić information content (AvgIpc) is 2.88. The molecular formula is C14H17N3O3. The molecule has 2 aromatic rings. The van der Waals surface area contributed by atoms with Gasteiger partial charge in [0.1, 0.15) is 5.75 Å². The Morgan fingerprint density at radius 1 is 1.35 bits per heavy atom. The minimum absolute atomic E-state index is 0.128. The lowest BCUT2D eigenvalue weighted by Crippen LogP contribution is -2.05. The van der Waals surface area contributed by atoms with Crippen LogP contribution >= 0.6 is 0 Å². The highest BCUT2D eigenvalue weighted by Crippen LogP contribution is 2.21. The van der Waals surface area contributed by atoms with E-state index in [-0.39, 0.29) is 6.42 Å². The summed E-state index contributed by atoms with van der Waals surface area (Å²) in [6, 6.07) is 7.68. The summed E-state index contributed by atoms with van der Waals surface area (Å²) in [5.41, 5.74) is 1.85. The van der Waals surface area contributed by atoms with Gasteiger partial charge in [-0.1, -0.05) is 5.21 Å². The molecule has 6 nitrogen and oxygen atoms in total. The van der Waals surface area contributed by atoms with Crippen LogP contribution in [0, 0.1) is 0 Å². The number of carboxylic acids is 1. The van der Waals surface area contributed by atoms with Crippen molar-refractivity contribution < 1.29 is 14.6 Å². The minimum atomic E-state index is -0.798. The first-order valence-electron chi connectivity index (χ1n) is 6.54. The molecule has 1 aromatic carbocycles. The zero-order chi connectivity index (χ0) is 14.4. The molecule has 0 saturated carbocycles. The van der Waals surface area contributed by atoms with Crippen LogP contribution in [0.4, 0.5) is 0 Å². The third-order valence-corrected chi connectivity index (χ3v) is 2.84. The second-order valence-electron chi connectivity index (χ2n) is 4.30. The van der Waals surface area contributed by atoms with Crippen molar-refractivity contribution in [2.24, 2.45) is 0 Å². The number of nitrogens with zero attached hydrogens (tertiary/aromatic N) is 3. The van der Waals surface area contributed by atoms with Gasteiger partial charge in [-0.05, 0) is 37.6 Å². The molecule has 1 heterocycles. The molecule has 1 aromatic heterocycles. The van der Waals surface area contributed by atoms with Crippen molar-refractivity contribution in [2.45, 2.75) is 26.3 Å². The molecule has 20 heavy (non-hydrogen) atoms. The van der Waals surface area contributed by atoms with Crippen LogP contribution in [0.2, 0.25) is 0 Å². The molecule has 0 fully saturated rings. The largest absolute Gasteiger partial charge is 0.494 e. The topological polar surface area (TPSA) is 77.2 Å². The number of carbonyl (C=O) groups is 1. The fraction of sp³-hybridized carbons (Fsp3) is 0.357. The van der Waals surface area contributed by atoms with Gasteiger partial charge < -0.3 is 9.84 Å². The van der Waals surface area contributed by atoms with Crippen LogP contribution in [-0.2, 0) is 11.3 Å². The van der Waals surface area contributed by atoms with E-state index < -0.39 is 5.97 Å². The van der Waals surface area contributed by atoms with Crippen molar-refractivity contribution in [2.75, 3.05) is 6.61 Å². The Balaban J connectivity index is 2.08. The van der Waals surface area contributed by atoms with Crippen LogP contribution in [0.1, 0.15) is 19.8 Å². The van der Waals surface area contributed by atoms with Gasteiger partial charge >= 0.3 is 5.97 Å². The van der Waals surface area contributed by atoms with E-state index in [0.717, 1.165) is 17.0 Å². The molecule has 0 aliphatic heterocycles. The molecule has 0 aliphatic carbocycles. The number of aromatic nitrogens is 3. The smallest absolute Gasteiger partial charge is 0.303 e. The summed E-state index contributed by atoms with van der Waals surface area (Å²) in [7, 11) is 0. The molecular weight excluding hydrogens is 258 g/mol. The van der Waals surface area contributed by atoms with E-state index in [4.69, 9.17) is 9.84 Å². The predicted molar refractivity (Wildman–Crippen MR) is 73.5 cm³/mol. The second kappa shape index (κ2) is 6.70. The van der Waals surface area contributed by atoms with Gasteiger partial charge in [0.05, 0.1) is 18.5 Å². The molecule has 0 saturated heterocycles. The second-order valence-corrected chi connectivity index (χ2v) is 4.30. The van der Waals surface area contributed by atoms with E-state index in [1.54, 1.807) is 10.9 Å². The first-order chi connectivity index (χ1) is 9.70. The number of carboxylic acid groups (broad SMARTS) is 1. The number of benzene rings is 1. The first kappa shape index (κ1) is 14.0. The first-order valence-corrected chi connectivity index (χ1v) is 6.54. The van der Waals surface area contributed by atoms with Gasteiger partial charge in [0.25, 0.3) is 0 Å². The van der Waals surface area contributed by atoms with E-state index in [9.17, 15) is 4.79 Å². The number of rotatable bonds is 7. The summed E-state index contributed by atoms with van der Waals surface area (Å²) < 4.78 is 7.12. The summed E-state index contributed by atoms with van der Waals surface area (Å²) in [5.74, 6) is 0.0221. The molecule has 0 radical (unpaired) electrons. The van der Waals surface area contributed by atoms with Gasteiger partial charge in [0.15, 0.2) is 0 Å². The minimum Gasteiger partial charge on any atom is -0.494 e. The number of aryl methyl sites for hydroxylation is 1. The van der Waals surface area contributed by atoms with E-state index >= 15 is 0 Å². The summed E-state index contributed by atoms with van der Waals surface area (Å²) in [5, 5.41) is 16.5. The third kappa shape index (κ3) is 3.57. The van der Waals surface area contributed by atoms with Crippen LogP contribution in [0.3, 0.4) is 0 Å². The van der Waals surface area contributed by atoms with Crippen molar-refractivity contribution in [3.8, 4) is 17.0 Å². The summed E-state index contributed by atoms with van der Waals surface area (Å²) in [6.45, 7) is 3.11. The van der Waals surface area contributed by atoms with Crippen LogP contribution in [-0.4, -0.2) is 32.7 Å². The molecule has 0 spiro atoms. The van der Waals surface area contributed by atoms with Gasteiger partial charge in [-0.15, -0.1) is 5.10 Å². The van der Waals surface area contributed by atoms with Crippen molar-refractivity contribution in [1.82, 2.24) is 15.0 Å². The molecule has 0 amide bonds. The van der Waals surface area contributed by atoms with Gasteiger partial charge in [-0.2, -0.15) is 0 Å². The van der Waals surface area contributed by atoms with Crippen molar-refractivity contribution in [3.05, 3.63) is 30.5 Å². The lowest BCUT2D eigenvalue weighted by molar-refractivity contribution is -0.137. The average molecular weight is 275 g/mol. The fourth-order valence-electron chi connectivity index (χ4n) is 1.92. The van der Waals surface area contributed by atoms with Gasteiger partial charge in [-0.25, -0.2) is 4.68 Å². The molecule has 0 bridgehead atoms. The van der Waals surface area contributed by atoms with E-state index in [1.165, 1.54) is 0 Å². The highest BCUT2D eigenvalue weighted by Gasteiger charge is 2.07. The highest BCUT2D eigenvalue weighted by molar-refractivity contribution is 5.66. The lowest BCUT2D eigenvalue weighted by Gasteiger charge is -2.07. The maximum absolute atomic E-state index is 10.5. The predicted octanol–water partition coefficient (Wildman–Crippen LogP) is 2.21. The summed E-state index contributed by atoms with van der Waals surface area (Å²) >= 11 is 0. The highest BCUT2D eigenvalue weighted by atomic mass is 16.5. The fourth-order valence-corrected chi connectivity index (χ4v) is 1.92. The maximum atomic E-state index is 10.5. The molecule has 1 N–H and O–H groups in total. The Morgan fingerprint density at radius 3 is 2.75 bits per heavy atom. The van der Waals surface area contributed by atoms with Crippen LogP contribution < -0.4 is 4.74 Å². The van der Waals surface area contributed by atoms with Crippen molar-refractivity contribution >= 4 is 5.97 Å². The van der Waals surface area contributed by atoms with E-state index in [0.29, 0.717) is 19.6 Å². The van der Waals surface area contributed by atoms with Crippen LogP contribution in [0.25, 0.3) is 11.3 Å². The Morgan fingerprint density at radius 2 is 2.10 bits per heavy atom. The molecule has 0 unspecified atom stereocenters. The quantitative estimate of drug-likeness (QED) is 0.838. The maximum Gasteiger partial charge on any atom is 0.303 e. The van der Waals surface area contributed by atoms with Gasteiger partial charge in [0.2, 0.25) is 0 Å². The molecule has 0 atom stereocenters. The number of ether oxygens (including phenoxy) is 1. The van der Waals surface area contributed by atoms with E-state index in [1.807, 2.05) is 31.2 Å². The monoisotopic (exact) mass is 275 g/mol. The Bertz CT molecular complexity index is 563. The van der Waals surface area contributed by atoms with E-state index in [2.05, 4.69) is 10.3 Å². The SMILES string of the molecule is CCOc1ccc(-c2cnnn2CCCC(=O)O)cc1. The normalized spacial score (nSPS) is 10.4. The zero-order valence-electron chi connectivity index (χ0n) is 11.3. The lowest BCUT2D eigenvalue weighted by atomic mass is 10.1. The number of aliphatic carboxylic acids is 1. The molecule has 0 aliphatic rings. The van der Waals surface area contributed by atoms with Crippen LogP contribution in [0.15, 0.2) is 30.5 Å². The van der Waals surface area contributed by atoms with Crippen molar-refractivity contribution in [1.29, 1.82) is 0 Å². The summed E-state index contributed by atoms with van der Waals surface area (Å²) in [4.78, 5) is 10.5. The van der Waals surface area contributed by atoms with Crippen LogP contribution in [0.5, 0.6) is 5.75 Å². The third-order valence-electron chi connectivity index (χ3n) is 2.84. The Labute approximate surface area is 117 Å². The Hall–Kier alpha value is -2.37. The zero-order valence-corrected chi connectivity index (χ0v) is 11.3. The number of hydrogen-bond donors (Lipinski definition) is 1. The molecule has 6 heteroatoms.